The molecule has 1 nitrogen and oxygen atoms in total. The largest absolute Gasteiger partial charge is 0.212 e. The molecule has 0 N–H and O–H groups in total. The van der Waals surface area contributed by atoms with Gasteiger partial charge in [0.1, 0.15) is 7.05 Å². The number of benzene rings is 1. The van der Waals surface area contributed by atoms with Gasteiger partial charge in [-0.1, -0.05) is 46.8 Å². The van der Waals surface area contributed by atoms with Crippen molar-refractivity contribution < 1.29 is 4.57 Å². The van der Waals surface area contributed by atoms with Gasteiger partial charge in [-0.05, 0) is 47.9 Å². The summed E-state index contributed by atoms with van der Waals surface area (Å²) in [6.07, 6.45) is 3.37. The Hall–Kier alpha value is -1.63. The van der Waals surface area contributed by atoms with Gasteiger partial charge in [0.2, 0.25) is 5.69 Å². The summed E-state index contributed by atoms with van der Waals surface area (Å²) in [5.74, 6) is 0.565. The smallest absolute Gasteiger partial charge is 0.201 e. The highest BCUT2D eigenvalue weighted by Crippen LogP contribution is 2.26. The predicted molar refractivity (Wildman–Crippen MR) is 95.0 cm³/mol. The number of hydrogen-bond acceptors (Lipinski definition) is 0. The van der Waals surface area contributed by atoms with Gasteiger partial charge in [-0.15, -0.1) is 0 Å². The van der Waals surface area contributed by atoms with E-state index in [0.717, 1.165) is 6.42 Å². The van der Waals surface area contributed by atoms with Gasteiger partial charge in [0.25, 0.3) is 0 Å². The Morgan fingerprint density at radius 3 is 2.23 bits per heavy atom. The summed E-state index contributed by atoms with van der Waals surface area (Å²) in [5, 5.41) is 0. The maximum atomic E-state index is 2.34. The van der Waals surface area contributed by atoms with Gasteiger partial charge >= 0.3 is 0 Å². The van der Waals surface area contributed by atoms with Crippen molar-refractivity contribution in [1.82, 2.24) is 0 Å². The minimum Gasteiger partial charge on any atom is -0.201 e. The number of nitrogens with zero attached hydrogens (tertiary/aromatic N) is 1. The topological polar surface area (TPSA) is 3.88 Å². The third-order valence-corrected chi connectivity index (χ3v) is 4.12. The molecule has 1 aromatic heterocycles. The normalized spacial score (nSPS) is 12.0. The number of hydrogen-bond donors (Lipinski definition) is 0. The molecule has 0 saturated carbocycles. The first-order valence-corrected chi connectivity index (χ1v) is 8.27. The summed E-state index contributed by atoms with van der Waals surface area (Å²) in [6, 6.07) is 11.4. The maximum absolute atomic E-state index is 2.34. The minimum atomic E-state index is 0.331. The summed E-state index contributed by atoms with van der Waals surface area (Å²) in [7, 11) is 2.14. The van der Waals surface area contributed by atoms with Crippen LogP contribution in [-0.2, 0) is 13.5 Å². The first-order valence-electron chi connectivity index (χ1n) is 8.27. The Balaban J connectivity index is 2.37. The van der Waals surface area contributed by atoms with Crippen molar-refractivity contribution in [3.8, 4) is 11.3 Å². The van der Waals surface area contributed by atoms with Crippen molar-refractivity contribution in [2.45, 2.75) is 53.9 Å². The second-order valence-electron chi connectivity index (χ2n) is 8.00. The van der Waals surface area contributed by atoms with Crippen LogP contribution >= 0.6 is 0 Å². The minimum absolute atomic E-state index is 0.331. The molecule has 1 aromatic carbocycles. The molecular weight excluding hydrogens is 266 g/mol. The molecule has 22 heavy (non-hydrogen) atoms. The number of rotatable bonds is 3. The van der Waals surface area contributed by atoms with E-state index < -0.39 is 0 Å². The quantitative estimate of drug-likeness (QED) is 0.686. The molecule has 0 bridgehead atoms. The van der Waals surface area contributed by atoms with Crippen LogP contribution in [0.2, 0.25) is 0 Å². The zero-order chi connectivity index (χ0) is 16.5. The first kappa shape index (κ1) is 16.7. The number of pyridine rings is 1. The van der Waals surface area contributed by atoms with Crippen molar-refractivity contribution >= 4 is 0 Å². The fraction of sp³-hybridized carbons (Fsp3) is 0.476. The molecule has 1 heterocycles. The Morgan fingerprint density at radius 2 is 1.73 bits per heavy atom. The van der Waals surface area contributed by atoms with Crippen molar-refractivity contribution in [3.63, 3.8) is 0 Å². The molecule has 0 aliphatic carbocycles. The molecule has 0 unspecified atom stereocenters. The molecule has 0 spiro atoms. The second kappa shape index (κ2) is 6.24. The van der Waals surface area contributed by atoms with E-state index in [1.165, 1.54) is 27.9 Å². The predicted octanol–water partition coefficient (Wildman–Crippen LogP) is 5.20. The highest BCUT2D eigenvalue weighted by atomic mass is 14.9. The molecule has 1 heteroatoms. The van der Waals surface area contributed by atoms with Crippen LogP contribution in [0.5, 0.6) is 0 Å². The summed E-state index contributed by atoms with van der Waals surface area (Å²) in [5.41, 5.74) is 7.11. The lowest BCUT2D eigenvalue weighted by molar-refractivity contribution is -0.660. The Labute approximate surface area is 136 Å². The third-order valence-electron chi connectivity index (χ3n) is 4.12. The highest BCUT2D eigenvalue weighted by Gasteiger charge is 2.16. The molecule has 2 rings (SSSR count). The van der Waals surface area contributed by atoms with Crippen LogP contribution in [0.25, 0.3) is 11.3 Å². The van der Waals surface area contributed by atoms with Crippen molar-refractivity contribution in [3.05, 3.63) is 53.2 Å². The fourth-order valence-corrected chi connectivity index (χ4v) is 2.99. The maximum Gasteiger partial charge on any atom is 0.212 e. The van der Waals surface area contributed by atoms with E-state index in [2.05, 4.69) is 89.7 Å². The Bertz CT molecular complexity index is 660. The van der Waals surface area contributed by atoms with Crippen LogP contribution < -0.4 is 4.57 Å². The molecule has 0 aliphatic heterocycles. The summed E-state index contributed by atoms with van der Waals surface area (Å²) in [4.78, 5) is 0. The molecular formula is C21H30N+. The van der Waals surface area contributed by atoms with Gasteiger partial charge < -0.3 is 0 Å². The van der Waals surface area contributed by atoms with Crippen LogP contribution in [-0.4, -0.2) is 0 Å². The van der Waals surface area contributed by atoms with Gasteiger partial charge in [0, 0.05) is 17.2 Å². The SMILES string of the molecule is Cc1cc(CC(C)(C)C)ccc1-c1ccc(C(C)C)c[n+]1C. The Morgan fingerprint density at radius 1 is 1.05 bits per heavy atom. The Kier molecular flexibility index (Phi) is 4.75. The number of aromatic nitrogens is 1. The van der Waals surface area contributed by atoms with Crippen LogP contribution in [0.4, 0.5) is 0 Å². The van der Waals surface area contributed by atoms with E-state index in [4.69, 9.17) is 0 Å². The standard InChI is InChI=1S/C21H30N/c1-15(2)18-9-11-20(22(7)14-18)19-10-8-17(12-16(19)3)13-21(4,5)6/h8-12,14-15H,13H2,1-7H3/q+1. The van der Waals surface area contributed by atoms with E-state index in [1.54, 1.807) is 0 Å². The van der Waals surface area contributed by atoms with Gasteiger partial charge in [-0.2, -0.15) is 0 Å². The third kappa shape index (κ3) is 3.97. The van der Waals surface area contributed by atoms with E-state index in [9.17, 15) is 0 Å². The van der Waals surface area contributed by atoms with Gasteiger partial charge in [0.05, 0.1) is 0 Å². The monoisotopic (exact) mass is 296 g/mol. The molecule has 118 valence electrons. The van der Waals surface area contributed by atoms with Crippen LogP contribution in [0.3, 0.4) is 0 Å². The summed E-state index contributed by atoms with van der Waals surface area (Å²) < 4.78 is 2.25. The average molecular weight is 296 g/mol. The summed E-state index contributed by atoms with van der Waals surface area (Å²) in [6.45, 7) is 13.6. The lowest BCUT2D eigenvalue weighted by Gasteiger charge is -2.19. The second-order valence-corrected chi connectivity index (χ2v) is 8.00. The van der Waals surface area contributed by atoms with Crippen molar-refractivity contribution in [1.29, 1.82) is 0 Å². The van der Waals surface area contributed by atoms with Crippen LogP contribution in [0.1, 0.15) is 57.2 Å². The number of aryl methyl sites for hydroxylation is 2. The lowest BCUT2D eigenvalue weighted by Crippen LogP contribution is -2.31. The zero-order valence-electron chi connectivity index (χ0n) is 15.2. The lowest BCUT2D eigenvalue weighted by atomic mass is 9.87. The van der Waals surface area contributed by atoms with Crippen molar-refractivity contribution in [2.75, 3.05) is 0 Å². The highest BCUT2D eigenvalue weighted by molar-refractivity contribution is 5.61. The molecule has 0 saturated heterocycles. The van der Waals surface area contributed by atoms with E-state index in [1.807, 2.05) is 0 Å². The summed E-state index contributed by atoms with van der Waals surface area (Å²) >= 11 is 0. The van der Waals surface area contributed by atoms with E-state index >= 15 is 0 Å². The average Bonchev–Trinajstić information content (AvgIpc) is 2.37. The molecule has 0 atom stereocenters. The van der Waals surface area contributed by atoms with Gasteiger partial charge in [-0.25, -0.2) is 4.57 Å². The van der Waals surface area contributed by atoms with Crippen LogP contribution in [0.15, 0.2) is 36.5 Å². The molecule has 0 amide bonds. The fourth-order valence-electron chi connectivity index (χ4n) is 2.99. The molecule has 0 radical (unpaired) electrons. The molecule has 0 fully saturated rings. The van der Waals surface area contributed by atoms with Gasteiger partial charge in [0.15, 0.2) is 6.20 Å². The zero-order valence-corrected chi connectivity index (χ0v) is 15.2. The van der Waals surface area contributed by atoms with E-state index in [-0.39, 0.29) is 0 Å². The van der Waals surface area contributed by atoms with Crippen molar-refractivity contribution in [2.24, 2.45) is 12.5 Å². The van der Waals surface area contributed by atoms with Gasteiger partial charge in [-0.3, -0.25) is 0 Å². The molecule has 0 aliphatic rings. The molecule has 2 aromatic rings. The first-order chi connectivity index (χ1) is 10.2. The van der Waals surface area contributed by atoms with E-state index in [0.29, 0.717) is 11.3 Å². The van der Waals surface area contributed by atoms with Crippen LogP contribution in [0, 0.1) is 12.3 Å².